The molecule has 0 radical (unpaired) electrons. The minimum atomic E-state index is -3.43. The summed E-state index contributed by atoms with van der Waals surface area (Å²) in [6.45, 7) is 5.15. The van der Waals surface area contributed by atoms with E-state index in [1.54, 1.807) is 16.4 Å². The van der Waals surface area contributed by atoms with Gasteiger partial charge in [0, 0.05) is 32.9 Å². The van der Waals surface area contributed by atoms with Crippen LogP contribution in [0.1, 0.15) is 31.2 Å². The van der Waals surface area contributed by atoms with E-state index in [1.165, 1.54) is 12.8 Å². The van der Waals surface area contributed by atoms with E-state index in [1.807, 2.05) is 19.1 Å². The van der Waals surface area contributed by atoms with Gasteiger partial charge in [0.15, 0.2) is 0 Å². The van der Waals surface area contributed by atoms with E-state index < -0.39 is 10.0 Å². The fraction of sp³-hybridized carbons (Fsp3) is 0.684. The second-order valence-electron chi connectivity index (χ2n) is 7.74. The van der Waals surface area contributed by atoms with E-state index >= 15 is 0 Å². The first-order chi connectivity index (χ1) is 12.0. The van der Waals surface area contributed by atoms with Crippen molar-refractivity contribution in [3.8, 4) is 0 Å². The molecule has 138 valence electrons. The molecular formula is C19H27NO4S. The molecule has 0 aromatic heterocycles. The van der Waals surface area contributed by atoms with E-state index in [-0.39, 0.29) is 5.60 Å². The van der Waals surface area contributed by atoms with Gasteiger partial charge in [-0.2, -0.15) is 4.31 Å². The van der Waals surface area contributed by atoms with Crippen LogP contribution in [0.2, 0.25) is 0 Å². The summed E-state index contributed by atoms with van der Waals surface area (Å²) >= 11 is 0. The van der Waals surface area contributed by atoms with Crippen LogP contribution in [0.4, 0.5) is 0 Å². The topological polar surface area (TPSA) is 55.8 Å². The molecule has 2 saturated heterocycles. The lowest BCUT2D eigenvalue weighted by Gasteiger charge is -2.49. The second kappa shape index (κ2) is 6.65. The van der Waals surface area contributed by atoms with Crippen LogP contribution < -0.4 is 0 Å². The van der Waals surface area contributed by atoms with Crippen molar-refractivity contribution in [3.05, 3.63) is 29.8 Å². The van der Waals surface area contributed by atoms with Gasteiger partial charge in [0.1, 0.15) is 0 Å². The summed E-state index contributed by atoms with van der Waals surface area (Å²) in [5, 5.41) is 0. The normalized spacial score (nSPS) is 26.0. The highest BCUT2D eigenvalue weighted by atomic mass is 32.2. The Bertz CT molecular complexity index is 723. The molecule has 3 aliphatic rings. The number of sulfonamides is 1. The van der Waals surface area contributed by atoms with Gasteiger partial charge >= 0.3 is 0 Å². The molecule has 0 unspecified atom stereocenters. The molecule has 1 aliphatic carbocycles. The molecule has 1 spiro atoms. The summed E-state index contributed by atoms with van der Waals surface area (Å²) in [4.78, 5) is 0.409. The first-order valence-electron chi connectivity index (χ1n) is 9.29. The zero-order chi connectivity index (χ0) is 17.5. The fourth-order valence-corrected chi connectivity index (χ4v) is 5.79. The Balaban J connectivity index is 1.36. The van der Waals surface area contributed by atoms with Crippen LogP contribution in [0.5, 0.6) is 0 Å². The summed E-state index contributed by atoms with van der Waals surface area (Å²) in [7, 11) is -3.43. The molecule has 0 bridgehead atoms. The van der Waals surface area contributed by atoms with Crippen molar-refractivity contribution in [1.82, 2.24) is 4.31 Å². The molecule has 2 aliphatic heterocycles. The summed E-state index contributed by atoms with van der Waals surface area (Å²) in [5.41, 5.74) is 0.499. The van der Waals surface area contributed by atoms with Gasteiger partial charge in [-0.25, -0.2) is 8.42 Å². The molecular weight excluding hydrogens is 338 g/mol. The Kier molecular flexibility index (Phi) is 4.65. The van der Waals surface area contributed by atoms with Crippen molar-refractivity contribution in [2.24, 2.45) is 11.8 Å². The van der Waals surface area contributed by atoms with Crippen LogP contribution in [0.3, 0.4) is 0 Å². The maximum absolute atomic E-state index is 12.9. The van der Waals surface area contributed by atoms with Gasteiger partial charge in [-0.3, -0.25) is 0 Å². The van der Waals surface area contributed by atoms with E-state index in [4.69, 9.17) is 9.47 Å². The summed E-state index contributed by atoms with van der Waals surface area (Å²) in [5.74, 6) is 1.18. The number of aryl methyl sites for hydroxylation is 1. The van der Waals surface area contributed by atoms with Gasteiger partial charge in [0.2, 0.25) is 10.0 Å². The number of rotatable bonds is 7. The van der Waals surface area contributed by atoms with Gasteiger partial charge in [-0.05, 0) is 56.1 Å². The van der Waals surface area contributed by atoms with Gasteiger partial charge in [-0.1, -0.05) is 18.2 Å². The van der Waals surface area contributed by atoms with E-state index in [0.29, 0.717) is 23.9 Å². The predicted molar refractivity (Wildman–Crippen MR) is 94.9 cm³/mol. The number of ether oxygens (including phenoxy) is 2. The highest BCUT2D eigenvalue weighted by Gasteiger charge is 2.56. The molecule has 4 rings (SSSR count). The first-order valence-corrected chi connectivity index (χ1v) is 10.7. The monoisotopic (exact) mass is 365 g/mol. The average Bonchev–Trinajstić information content (AvgIpc) is 3.27. The zero-order valence-electron chi connectivity index (χ0n) is 14.8. The molecule has 2 heterocycles. The molecule has 0 N–H and O–H groups in total. The van der Waals surface area contributed by atoms with Crippen molar-refractivity contribution in [3.63, 3.8) is 0 Å². The Hall–Kier alpha value is -0.950. The Morgan fingerprint density at radius 2 is 2.00 bits per heavy atom. The SMILES string of the molecule is Cc1ccccc1S(=O)(=O)N1CC2(C1)OCC[C@H]2CCOCC1CC1. The largest absolute Gasteiger partial charge is 0.381 e. The van der Waals surface area contributed by atoms with Crippen molar-refractivity contribution < 1.29 is 17.9 Å². The Morgan fingerprint density at radius 1 is 1.24 bits per heavy atom. The first kappa shape index (κ1) is 17.5. The van der Waals surface area contributed by atoms with Crippen LogP contribution >= 0.6 is 0 Å². The minimum absolute atomic E-state index is 0.293. The lowest BCUT2D eigenvalue weighted by molar-refractivity contribution is -0.105. The molecule has 1 atom stereocenters. The standard InChI is InChI=1S/C19H27NO4S/c1-15-4-2-3-5-18(15)25(21,22)20-13-19(14-20)17(9-11-24-19)8-10-23-12-16-6-7-16/h2-5,16-17H,6-14H2,1H3/t17-/m1/s1. The highest BCUT2D eigenvalue weighted by molar-refractivity contribution is 7.89. The van der Waals surface area contributed by atoms with E-state index in [9.17, 15) is 8.42 Å². The minimum Gasteiger partial charge on any atom is -0.381 e. The third-order valence-corrected chi connectivity index (χ3v) is 7.81. The Labute approximate surface area is 150 Å². The second-order valence-corrected chi connectivity index (χ2v) is 9.65. The molecule has 6 heteroatoms. The van der Waals surface area contributed by atoms with Crippen LogP contribution in [0, 0.1) is 18.8 Å². The predicted octanol–water partition coefficient (Wildman–Crippen LogP) is 2.59. The summed E-state index contributed by atoms with van der Waals surface area (Å²) in [6, 6.07) is 7.17. The van der Waals surface area contributed by atoms with Gasteiger partial charge in [0.25, 0.3) is 0 Å². The van der Waals surface area contributed by atoms with Gasteiger partial charge in [-0.15, -0.1) is 0 Å². The molecule has 1 saturated carbocycles. The molecule has 3 fully saturated rings. The van der Waals surface area contributed by atoms with Crippen molar-refractivity contribution in [2.45, 2.75) is 43.1 Å². The number of hydrogen-bond acceptors (Lipinski definition) is 4. The third-order valence-electron chi connectivity index (χ3n) is 5.86. The fourth-order valence-electron chi connectivity index (χ4n) is 4.01. The summed E-state index contributed by atoms with van der Waals surface area (Å²) < 4.78 is 39.1. The van der Waals surface area contributed by atoms with Crippen molar-refractivity contribution in [2.75, 3.05) is 32.9 Å². The molecule has 1 aromatic rings. The highest BCUT2D eigenvalue weighted by Crippen LogP contribution is 2.44. The lowest BCUT2D eigenvalue weighted by Crippen LogP contribution is -2.66. The van der Waals surface area contributed by atoms with Crippen molar-refractivity contribution >= 4 is 10.0 Å². The van der Waals surface area contributed by atoms with Crippen molar-refractivity contribution in [1.29, 1.82) is 0 Å². The Morgan fingerprint density at radius 3 is 2.72 bits per heavy atom. The smallest absolute Gasteiger partial charge is 0.243 e. The molecule has 5 nitrogen and oxygen atoms in total. The van der Waals surface area contributed by atoms with Gasteiger partial charge < -0.3 is 9.47 Å². The summed E-state index contributed by atoms with van der Waals surface area (Å²) in [6.07, 6.45) is 4.58. The molecule has 25 heavy (non-hydrogen) atoms. The van der Waals surface area contributed by atoms with E-state index in [2.05, 4.69) is 0 Å². The van der Waals surface area contributed by atoms with Crippen LogP contribution in [-0.2, 0) is 19.5 Å². The van der Waals surface area contributed by atoms with E-state index in [0.717, 1.165) is 44.1 Å². The number of benzene rings is 1. The quantitative estimate of drug-likeness (QED) is 0.697. The number of nitrogens with zero attached hydrogens (tertiary/aromatic N) is 1. The van der Waals surface area contributed by atoms with Gasteiger partial charge in [0.05, 0.1) is 10.5 Å². The molecule has 1 aromatic carbocycles. The maximum Gasteiger partial charge on any atom is 0.243 e. The van der Waals surface area contributed by atoms with Crippen LogP contribution in [0.25, 0.3) is 0 Å². The average molecular weight is 365 g/mol. The van der Waals surface area contributed by atoms with Crippen LogP contribution in [0.15, 0.2) is 29.2 Å². The lowest BCUT2D eigenvalue weighted by atomic mass is 9.80. The zero-order valence-corrected chi connectivity index (χ0v) is 15.6. The molecule has 0 amide bonds. The van der Waals surface area contributed by atoms with Crippen LogP contribution in [-0.4, -0.2) is 51.2 Å². The number of hydrogen-bond donors (Lipinski definition) is 0. The third kappa shape index (κ3) is 3.37. The maximum atomic E-state index is 12.9.